The van der Waals surface area contributed by atoms with Gasteiger partial charge in [0, 0.05) is 24.5 Å². The van der Waals surface area contributed by atoms with Crippen LogP contribution in [0.25, 0.3) is 0 Å². The first kappa shape index (κ1) is 14.3. The molecule has 104 valence electrons. The zero-order valence-corrected chi connectivity index (χ0v) is 11.9. The third kappa shape index (κ3) is 3.26. The maximum Gasteiger partial charge on any atom is 0.323 e. The number of ether oxygens (including phenoxy) is 1. The van der Waals surface area contributed by atoms with Crippen molar-refractivity contribution < 1.29 is 14.6 Å². The molecule has 1 N–H and O–H groups in total. The highest BCUT2D eigenvalue weighted by Crippen LogP contribution is 2.25. The van der Waals surface area contributed by atoms with Crippen molar-refractivity contribution in [2.24, 2.45) is 0 Å². The van der Waals surface area contributed by atoms with Gasteiger partial charge >= 0.3 is 5.97 Å². The van der Waals surface area contributed by atoms with Crippen LogP contribution in [-0.2, 0) is 16.1 Å². The molecule has 2 rings (SSSR count). The molecule has 2 unspecified atom stereocenters. The SMILES string of the molecule is COC(=O)C1CC(O)CN1Cc1ccc(C)cc1Cl. The topological polar surface area (TPSA) is 49.8 Å². The summed E-state index contributed by atoms with van der Waals surface area (Å²) in [6.07, 6.45) is -0.0794. The van der Waals surface area contributed by atoms with Gasteiger partial charge in [0.1, 0.15) is 6.04 Å². The van der Waals surface area contributed by atoms with E-state index in [2.05, 4.69) is 0 Å². The molecule has 19 heavy (non-hydrogen) atoms. The van der Waals surface area contributed by atoms with E-state index in [0.29, 0.717) is 24.5 Å². The number of rotatable bonds is 3. The van der Waals surface area contributed by atoms with E-state index >= 15 is 0 Å². The fourth-order valence-electron chi connectivity index (χ4n) is 2.43. The molecule has 1 heterocycles. The van der Waals surface area contributed by atoms with E-state index in [-0.39, 0.29) is 5.97 Å². The number of methoxy groups -OCH3 is 1. The summed E-state index contributed by atoms with van der Waals surface area (Å²) in [6, 6.07) is 5.45. The fraction of sp³-hybridized carbons (Fsp3) is 0.500. The summed E-state index contributed by atoms with van der Waals surface area (Å²) < 4.78 is 4.78. The molecular weight excluding hydrogens is 266 g/mol. The number of esters is 1. The maximum absolute atomic E-state index is 11.7. The number of hydrogen-bond acceptors (Lipinski definition) is 4. The van der Waals surface area contributed by atoms with Crippen LogP contribution in [0, 0.1) is 6.92 Å². The van der Waals surface area contributed by atoms with Crippen molar-refractivity contribution in [3.05, 3.63) is 34.3 Å². The zero-order valence-electron chi connectivity index (χ0n) is 11.1. The minimum Gasteiger partial charge on any atom is -0.468 e. The van der Waals surface area contributed by atoms with Gasteiger partial charge in [0.25, 0.3) is 0 Å². The number of β-amino-alcohol motifs (C(OH)–C–C–N with tert-alkyl or cyclic N) is 1. The highest BCUT2D eigenvalue weighted by molar-refractivity contribution is 6.31. The van der Waals surface area contributed by atoms with Gasteiger partial charge in [-0.15, -0.1) is 0 Å². The Morgan fingerprint density at radius 2 is 2.32 bits per heavy atom. The fourth-order valence-corrected chi connectivity index (χ4v) is 2.73. The molecule has 1 fully saturated rings. The smallest absolute Gasteiger partial charge is 0.323 e. The van der Waals surface area contributed by atoms with Crippen molar-refractivity contribution in [1.29, 1.82) is 0 Å². The summed E-state index contributed by atoms with van der Waals surface area (Å²) in [5.74, 6) is -0.306. The van der Waals surface area contributed by atoms with Crippen molar-refractivity contribution in [3.8, 4) is 0 Å². The van der Waals surface area contributed by atoms with Gasteiger partial charge in [-0.1, -0.05) is 23.7 Å². The Balaban J connectivity index is 2.14. The minimum atomic E-state index is -0.492. The number of aliphatic hydroxyl groups excluding tert-OH is 1. The maximum atomic E-state index is 11.7. The minimum absolute atomic E-state index is 0.306. The van der Waals surface area contributed by atoms with E-state index < -0.39 is 12.1 Å². The summed E-state index contributed by atoms with van der Waals surface area (Å²) in [6.45, 7) is 2.98. The van der Waals surface area contributed by atoms with Crippen molar-refractivity contribution in [3.63, 3.8) is 0 Å². The van der Waals surface area contributed by atoms with Crippen LogP contribution in [-0.4, -0.2) is 41.8 Å². The van der Waals surface area contributed by atoms with E-state index in [1.807, 2.05) is 30.0 Å². The van der Waals surface area contributed by atoms with Crippen LogP contribution < -0.4 is 0 Å². The average Bonchev–Trinajstić information content (AvgIpc) is 2.73. The monoisotopic (exact) mass is 283 g/mol. The van der Waals surface area contributed by atoms with Gasteiger partial charge in [0.05, 0.1) is 13.2 Å². The van der Waals surface area contributed by atoms with Crippen molar-refractivity contribution in [1.82, 2.24) is 4.90 Å². The third-order valence-electron chi connectivity index (χ3n) is 3.44. The average molecular weight is 284 g/mol. The lowest BCUT2D eigenvalue weighted by Crippen LogP contribution is -2.36. The van der Waals surface area contributed by atoms with Gasteiger partial charge in [-0.3, -0.25) is 9.69 Å². The Labute approximate surface area is 117 Å². The summed E-state index contributed by atoms with van der Waals surface area (Å²) in [5.41, 5.74) is 2.05. The van der Waals surface area contributed by atoms with Gasteiger partial charge in [-0.25, -0.2) is 0 Å². The van der Waals surface area contributed by atoms with Crippen LogP contribution in [0.3, 0.4) is 0 Å². The van der Waals surface area contributed by atoms with Crippen LogP contribution in [0.2, 0.25) is 5.02 Å². The summed E-state index contributed by atoms with van der Waals surface area (Å²) >= 11 is 6.20. The normalized spacial score (nSPS) is 23.6. The van der Waals surface area contributed by atoms with Gasteiger partial charge < -0.3 is 9.84 Å². The van der Waals surface area contributed by atoms with E-state index in [1.165, 1.54) is 7.11 Å². The molecule has 1 saturated heterocycles. The van der Waals surface area contributed by atoms with Gasteiger partial charge in [-0.2, -0.15) is 0 Å². The number of carbonyl (C=O) groups is 1. The second-order valence-corrected chi connectivity index (χ2v) is 5.36. The molecule has 0 radical (unpaired) electrons. The Bertz CT molecular complexity index is 478. The van der Waals surface area contributed by atoms with Crippen LogP contribution in [0.1, 0.15) is 17.5 Å². The first-order valence-electron chi connectivity index (χ1n) is 6.26. The first-order valence-corrected chi connectivity index (χ1v) is 6.64. The molecule has 0 amide bonds. The number of aryl methyl sites for hydroxylation is 1. The molecule has 0 spiro atoms. The number of halogens is 1. The predicted octanol–water partition coefficient (Wildman–Crippen LogP) is 1.76. The molecule has 1 aromatic rings. The standard InChI is InChI=1S/C14H18ClNO3/c1-9-3-4-10(12(15)5-9)7-16-8-11(17)6-13(16)14(18)19-2/h3-5,11,13,17H,6-8H2,1-2H3. The molecule has 0 aliphatic carbocycles. The zero-order chi connectivity index (χ0) is 14.0. The lowest BCUT2D eigenvalue weighted by molar-refractivity contribution is -0.146. The molecular formula is C14H18ClNO3. The molecule has 1 aromatic carbocycles. The number of carbonyl (C=O) groups excluding carboxylic acids is 1. The Hall–Kier alpha value is -1.10. The third-order valence-corrected chi connectivity index (χ3v) is 3.79. The molecule has 0 aromatic heterocycles. The van der Waals surface area contributed by atoms with Gasteiger partial charge in [-0.05, 0) is 24.1 Å². The predicted molar refractivity (Wildman–Crippen MR) is 73.0 cm³/mol. The van der Waals surface area contributed by atoms with Crippen molar-refractivity contribution >= 4 is 17.6 Å². The first-order chi connectivity index (χ1) is 9.01. The second-order valence-electron chi connectivity index (χ2n) is 4.95. The van der Waals surface area contributed by atoms with Crippen molar-refractivity contribution in [2.75, 3.05) is 13.7 Å². The molecule has 5 heteroatoms. The lowest BCUT2D eigenvalue weighted by Gasteiger charge is -2.22. The second kappa shape index (κ2) is 5.90. The Kier molecular flexibility index (Phi) is 4.45. The van der Waals surface area contributed by atoms with Crippen LogP contribution >= 0.6 is 11.6 Å². The quantitative estimate of drug-likeness (QED) is 0.859. The van der Waals surface area contributed by atoms with Crippen molar-refractivity contribution in [2.45, 2.75) is 32.0 Å². The number of hydrogen-bond donors (Lipinski definition) is 1. The highest BCUT2D eigenvalue weighted by atomic mass is 35.5. The number of benzene rings is 1. The van der Waals surface area contributed by atoms with E-state index in [4.69, 9.17) is 16.3 Å². The van der Waals surface area contributed by atoms with Gasteiger partial charge in [0.15, 0.2) is 0 Å². The summed E-state index contributed by atoms with van der Waals surface area (Å²) in [4.78, 5) is 13.6. The summed E-state index contributed by atoms with van der Waals surface area (Å²) in [7, 11) is 1.37. The molecule has 0 saturated carbocycles. The van der Waals surface area contributed by atoms with Gasteiger partial charge in [0.2, 0.25) is 0 Å². The van der Waals surface area contributed by atoms with E-state index in [0.717, 1.165) is 11.1 Å². The van der Waals surface area contributed by atoms with Crippen LogP contribution in [0.5, 0.6) is 0 Å². The van der Waals surface area contributed by atoms with Crippen LogP contribution in [0.15, 0.2) is 18.2 Å². The molecule has 4 nitrogen and oxygen atoms in total. The Morgan fingerprint density at radius 1 is 1.58 bits per heavy atom. The number of nitrogens with zero attached hydrogens (tertiary/aromatic N) is 1. The number of likely N-dealkylation sites (tertiary alicyclic amines) is 1. The van der Waals surface area contributed by atoms with Crippen LogP contribution in [0.4, 0.5) is 0 Å². The summed E-state index contributed by atoms with van der Waals surface area (Å²) in [5, 5.41) is 10.4. The largest absolute Gasteiger partial charge is 0.468 e. The molecule has 0 bridgehead atoms. The molecule has 1 aliphatic heterocycles. The molecule has 2 atom stereocenters. The number of aliphatic hydroxyl groups is 1. The lowest BCUT2D eigenvalue weighted by atomic mass is 10.1. The highest BCUT2D eigenvalue weighted by Gasteiger charge is 2.36. The van der Waals surface area contributed by atoms with E-state index in [9.17, 15) is 9.90 Å². The Morgan fingerprint density at radius 3 is 2.95 bits per heavy atom. The van der Waals surface area contributed by atoms with E-state index in [1.54, 1.807) is 0 Å². The molecule has 1 aliphatic rings.